The number of carbonyl (C=O) groups excluding carboxylic acids is 4. The number of nitrogens with one attached hydrogen (secondary N) is 1. The zero-order valence-corrected chi connectivity index (χ0v) is 18.2. The second kappa shape index (κ2) is 9.65. The number of rotatable bonds is 8. The average molecular weight is 444 g/mol. The lowest BCUT2D eigenvalue weighted by molar-refractivity contribution is -0.148. The Labute approximate surface area is 191 Å². The monoisotopic (exact) mass is 444 g/mol. The van der Waals surface area contributed by atoms with E-state index in [-0.39, 0.29) is 43.8 Å². The minimum Gasteiger partial charge on any atom is -0.456 e. The van der Waals surface area contributed by atoms with Crippen LogP contribution in [-0.2, 0) is 14.3 Å². The summed E-state index contributed by atoms with van der Waals surface area (Å²) in [5, 5.41) is 4.29. The van der Waals surface area contributed by atoms with E-state index in [1.165, 1.54) is 4.90 Å². The Morgan fingerprint density at radius 3 is 2.18 bits per heavy atom. The summed E-state index contributed by atoms with van der Waals surface area (Å²) in [7, 11) is 0. The standard InChI is InChI=1S/C26H24N2O5/c1-17(18-8-3-2-4-9-18)27-22(29)16-33-23(30)14-7-15-28-25(31)20-12-5-10-19-11-6-13-21(24(19)20)26(28)32/h2-6,8-13,17H,7,14-16H2,1H3,(H,27,29). The second-order valence-electron chi connectivity index (χ2n) is 7.94. The van der Waals surface area contributed by atoms with E-state index >= 15 is 0 Å². The minimum atomic E-state index is -0.558. The Bertz CT molecular complexity index is 1170. The number of hydrogen-bond acceptors (Lipinski definition) is 5. The van der Waals surface area contributed by atoms with Crippen LogP contribution < -0.4 is 5.32 Å². The summed E-state index contributed by atoms with van der Waals surface area (Å²) in [5.41, 5.74) is 1.91. The molecule has 4 rings (SSSR count). The van der Waals surface area contributed by atoms with Gasteiger partial charge in [-0.1, -0.05) is 54.6 Å². The van der Waals surface area contributed by atoms with E-state index in [1.807, 2.05) is 49.4 Å². The lowest BCUT2D eigenvalue weighted by Crippen LogP contribution is -2.41. The average Bonchev–Trinajstić information content (AvgIpc) is 2.83. The first-order valence-electron chi connectivity index (χ1n) is 10.8. The molecule has 0 saturated heterocycles. The van der Waals surface area contributed by atoms with E-state index in [4.69, 9.17) is 4.74 Å². The first-order valence-corrected chi connectivity index (χ1v) is 10.8. The minimum absolute atomic E-state index is 0.00950. The third-order valence-corrected chi connectivity index (χ3v) is 5.66. The lowest BCUT2D eigenvalue weighted by Gasteiger charge is -2.27. The maximum atomic E-state index is 12.9. The number of amides is 3. The van der Waals surface area contributed by atoms with Gasteiger partial charge in [0, 0.05) is 29.5 Å². The van der Waals surface area contributed by atoms with Gasteiger partial charge in [-0.3, -0.25) is 24.1 Å². The van der Waals surface area contributed by atoms with Gasteiger partial charge < -0.3 is 10.1 Å². The molecule has 1 unspecified atom stereocenters. The highest BCUT2D eigenvalue weighted by Crippen LogP contribution is 2.30. The van der Waals surface area contributed by atoms with Gasteiger partial charge in [-0.25, -0.2) is 0 Å². The molecule has 1 heterocycles. The molecule has 1 aliphatic heterocycles. The van der Waals surface area contributed by atoms with Crippen LogP contribution in [-0.4, -0.2) is 41.7 Å². The van der Waals surface area contributed by atoms with Crippen LogP contribution in [0, 0.1) is 0 Å². The number of imide groups is 1. The van der Waals surface area contributed by atoms with Gasteiger partial charge in [0.05, 0.1) is 6.04 Å². The fourth-order valence-corrected chi connectivity index (χ4v) is 3.99. The molecule has 0 saturated carbocycles. The largest absolute Gasteiger partial charge is 0.456 e. The van der Waals surface area contributed by atoms with E-state index < -0.39 is 11.9 Å². The topological polar surface area (TPSA) is 92.8 Å². The van der Waals surface area contributed by atoms with Crippen LogP contribution in [0.15, 0.2) is 66.7 Å². The molecule has 1 aliphatic rings. The van der Waals surface area contributed by atoms with Gasteiger partial charge in [0.1, 0.15) is 0 Å². The van der Waals surface area contributed by atoms with E-state index in [9.17, 15) is 19.2 Å². The molecule has 3 aromatic rings. The summed E-state index contributed by atoms with van der Waals surface area (Å²) in [6, 6.07) is 20.0. The third-order valence-electron chi connectivity index (χ3n) is 5.66. The van der Waals surface area contributed by atoms with E-state index in [0.717, 1.165) is 10.9 Å². The predicted octanol–water partition coefficient (Wildman–Crippen LogP) is 3.64. The molecule has 0 aliphatic carbocycles. The zero-order valence-electron chi connectivity index (χ0n) is 18.2. The highest BCUT2D eigenvalue weighted by Gasteiger charge is 2.32. The summed E-state index contributed by atoms with van der Waals surface area (Å²) in [5.74, 6) is -1.69. The molecule has 7 nitrogen and oxygen atoms in total. The molecule has 33 heavy (non-hydrogen) atoms. The van der Waals surface area contributed by atoms with Gasteiger partial charge in [-0.05, 0) is 36.4 Å². The van der Waals surface area contributed by atoms with Crippen molar-refractivity contribution < 1.29 is 23.9 Å². The van der Waals surface area contributed by atoms with Crippen molar-refractivity contribution >= 4 is 34.5 Å². The Hall–Kier alpha value is -4.00. The van der Waals surface area contributed by atoms with Gasteiger partial charge in [-0.2, -0.15) is 0 Å². The molecule has 0 aromatic heterocycles. The quantitative estimate of drug-likeness (QED) is 0.423. The molecular formula is C26H24N2O5. The van der Waals surface area contributed by atoms with Crippen LogP contribution in [0.3, 0.4) is 0 Å². The van der Waals surface area contributed by atoms with Crippen molar-refractivity contribution in [1.29, 1.82) is 0 Å². The fraction of sp³-hybridized carbons (Fsp3) is 0.231. The molecule has 1 N–H and O–H groups in total. The molecular weight excluding hydrogens is 420 g/mol. The summed E-state index contributed by atoms with van der Waals surface area (Å²) < 4.78 is 5.05. The van der Waals surface area contributed by atoms with Crippen molar-refractivity contribution in [2.75, 3.05) is 13.2 Å². The number of nitrogens with zero attached hydrogens (tertiary/aromatic N) is 1. The number of carbonyl (C=O) groups is 4. The fourth-order valence-electron chi connectivity index (χ4n) is 3.99. The number of benzene rings is 3. The molecule has 0 spiro atoms. The molecule has 7 heteroatoms. The molecule has 3 amide bonds. The van der Waals surface area contributed by atoms with Crippen molar-refractivity contribution in [3.05, 3.63) is 83.4 Å². The maximum absolute atomic E-state index is 12.9. The molecule has 0 radical (unpaired) electrons. The number of ether oxygens (including phenoxy) is 1. The van der Waals surface area contributed by atoms with Crippen molar-refractivity contribution in [3.63, 3.8) is 0 Å². The zero-order chi connectivity index (χ0) is 23.4. The Morgan fingerprint density at radius 1 is 0.909 bits per heavy atom. The van der Waals surface area contributed by atoms with Crippen LogP contribution in [0.25, 0.3) is 10.8 Å². The summed E-state index contributed by atoms with van der Waals surface area (Å²) in [6.07, 6.45) is 0.237. The normalized spacial score (nSPS) is 13.7. The third kappa shape index (κ3) is 4.77. The van der Waals surface area contributed by atoms with Crippen molar-refractivity contribution in [2.24, 2.45) is 0 Å². The highest BCUT2D eigenvalue weighted by atomic mass is 16.5. The van der Waals surface area contributed by atoms with Crippen LogP contribution in [0.2, 0.25) is 0 Å². The molecule has 0 fully saturated rings. The highest BCUT2D eigenvalue weighted by molar-refractivity contribution is 6.25. The van der Waals surface area contributed by atoms with Gasteiger partial charge in [-0.15, -0.1) is 0 Å². The van der Waals surface area contributed by atoms with Gasteiger partial charge in [0.2, 0.25) is 0 Å². The van der Waals surface area contributed by atoms with Crippen molar-refractivity contribution in [2.45, 2.75) is 25.8 Å². The van der Waals surface area contributed by atoms with Gasteiger partial charge in [0.25, 0.3) is 17.7 Å². The summed E-state index contributed by atoms with van der Waals surface area (Å²) >= 11 is 0. The van der Waals surface area contributed by atoms with Crippen LogP contribution in [0.5, 0.6) is 0 Å². The molecule has 168 valence electrons. The SMILES string of the molecule is CC(NC(=O)COC(=O)CCCN1C(=O)c2cccc3cccc(c23)C1=O)c1ccccc1. The first-order chi connectivity index (χ1) is 16.0. The molecule has 3 aromatic carbocycles. The van der Waals surface area contributed by atoms with Gasteiger partial charge in [0.15, 0.2) is 6.61 Å². The first kappa shape index (κ1) is 22.2. The van der Waals surface area contributed by atoms with E-state index in [2.05, 4.69) is 5.32 Å². The van der Waals surface area contributed by atoms with Crippen molar-refractivity contribution in [3.8, 4) is 0 Å². The van der Waals surface area contributed by atoms with Crippen molar-refractivity contribution in [1.82, 2.24) is 10.2 Å². The number of esters is 1. The smallest absolute Gasteiger partial charge is 0.306 e. The van der Waals surface area contributed by atoms with Crippen LogP contribution >= 0.6 is 0 Å². The molecule has 1 atom stereocenters. The summed E-state index contributed by atoms with van der Waals surface area (Å²) in [6.45, 7) is 1.56. The van der Waals surface area contributed by atoms with E-state index in [0.29, 0.717) is 16.5 Å². The summed E-state index contributed by atoms with van der Waals surface area (Å²) in [4.78, 5) is 51.0. The van der Waals surface area contributed by atoms with E-state index in [1.54, 1.807) is 24.3 Å². The lowest BCUT2D eigenvalue weighted by atomic mass is 9.94. The van der Waals surface area contributed by atoms with Crippen LogP contribution in [0.4, 0.5) is 0 Å². The maximum Gasteiger partial charge on any atom is 0.306 e. The second-order valence-corrected chi connectivity index (χ2v) is 7.94. The Morgan fingerprint density at radius 2 is 1.55 bits per heavy atom. The van der Waals surface area contributed by atoms with Gasteiger partial charge >= 0.3 is 5.97 Å². The predicted molar refractivity (Wildman–Crippen MR) is 123 cm³/mol. The molecule has 0 bridgehead atoms. The Kier molecular flexibility index (Phi) is 6.49. The number of hydrogen-bond donors (Lipinski definition) is 1. The Balaban J connectivity index is 1.26. The van der Waals surface area contributed by atoms with Crippen LogP contribution in [0.1, 0.15) is 52.1 Å².